The summed E-state index contributed by atoms with van der Waals surface area (Å²) >= 11 is 0. The molecule has 0 aliphatic carbocycles. The number of piperidine rings is 1. The number of hydrogen-bond acceptors (Lipinski definition) is 3. The second-order valence-corrected chi connectivity index (χ2v) is 6.50. The lowest BCUT2D eigenvalue weighted by Crippen LogP contribution is -2.45. The van der Waals surface area contributed by atoms with E-state index in [1.165, 1.54) is 0 Å². The Hall–Kier alpha value is -1.10. The van der Waals surface area contributed by atoms with E-state index in [1.54, 1.807) is 7.05 Å². The van der Waals surface area contributed by atoms with Gasteiger partial charge in [-0.1, -0.05) is 13.8 Å². The summed E-state index contributed by atoms with van der Waals surface area (Å²) in [5, 5.41) is 2.68. The lowest BCUT2D eigenvalue weighted by molar-refractivity contribution is -0.136. The van der Waals surface area contributed by atoms with E-state index in [0.717, 1.165) is 32.2 Å². The minimum Gasteiger partial charge on any atom is -0.359 e. The molecule has 0 aromatic rings. The zero-order chi connectivity index (χ0) is 15.2. The van der Waals surface area contributed by atoms with E-state index in [1.807, 2.05) is 4.90 Å². The van der Waals surface area contributed by atoms with Crippen molar-refractivity contribution in [3.63, 3.8) is 0 Å². The van der Waals surface area contributed by atoms with Crippen molar-refractivity contribution >= 4 is 11.8 Å². The molecule has 5 nitrogen and oxygen atoms in total. The number of likely N-dealkylation sites (tertiary alicyclic amines) is 1. The Kier molecular flexibility index (Phi) is 6.46. The first kappa shape index (κ1) is 17.0. The van der Waals surface area contributed by atoms with Gasteiger partial charge in [0, 0.05) is 26.6 Å². The number of rotatable bonds is 6. The van der Waals surface area contributed by atoms with E-state index in [4.69, 9.17) is 5.73 Å². The number of nitrogens with one attached hydrogen (secondary N) is 1. The van der Waals surface area contributed by atoms with E-state index in [-0.39, 0.29) is 23.1 Å². The van der Waals surface area contributed by atoms with Gasteiger partial charge in [-0.25, -0.2) is 0 Å². The van der Waals surface area contributed by atoms with E-state index in [2.05, 4.69) is 19.2 Å². The molecule has 20 heavy (non-hydrogen) atoms. The minimum atomic E-state index is -0.0465. The van der Waals surface area contributed by atoms with Crippen LogP contribution in [-0.2, 0) is 9.59 Å². The monoisotopic (exact) mass is 283 g/mol. The van der Waals surface area contributed by atoms with Gasteiger partial charge in [0.05, 0.1) is 5.92 Å². The normalized spacial score (nSPS) is 19.8. The maximum atomic E-state index is 12.3. The molecule has 1 fully saturated rings. The van der Waals surface area contributed by atoms with Crippen molar-refractivity contribution < 1.29 is 9.59 Å². The molecule has 5 heteroatoms. The highest BCUT2D eigenvalue weighted by Gasteiger charge is 2.28. The molecule has 1 rings (SSSR count). The van der Waals surface area contributed by atoms with E-state index >= 15 is 0 Å². The molecule has 0 saturated carbocycles. The molecule has 1 saturated heterocycles. The van der Waals surface area contributed by atoms with Crippen molar-refractivity contribution in [1.29, 1.82) is 0 Å². The van der Waals surface area contributed by atoms with Crippen molar-refractivity contribution in [2.75, 3.05) is 26.7 Å². The van der Waals surface area contributed by atoms with Crippen molar-refractivity contribution in [1.82, 2.24) is 10.2 Å². The van der Waals surface area contributed by atoms with Crippen LogP contribution < -0.4 is 11.1 Å². The molecule has 0 spiro atoms. The van der Waals surface area contributed by atoms with Crippen LogP contribution in [-0.4, -0.2) is 43.4 Å². The predicted octanol–water partition coefficient (Wildman–Crippen LogP) is 1.13. The van der Waals surface area contributed by atoms with Crippen molar-refractivity contribution in [3.8, 4) is 0 Å². The van der Waals surface area contributed by atoms with Gasteiger partial charge in [0.2, 0.25) is 11.8 Å². The number of carbonyl (C=O) groups excluding carboxylic acids is 2. The molecule has 1 aliphatic heterocycles. The van der Waals surface area contributed by atoms with Gasteiger partial charge in [-0.15, -0.1) is 0 Å². The summed E-state index contributed by atoms with van der Waals surface area (Å²) in [5.74, 6) is 0.171. The molecule has 0 bridgehead atoms. The van der Waals surface area contributed by atoms with Crippen LogP contribution in [0.15, 0.2) is 0 Å². The molecule has 1 heterocycles. The molecule has 0 aromatic carbocycles. The molecule has 116 valence electrons. The fourth-order valence-corrected chi connectivity index (χ4v) is 2.74. The zero-order valence-corrected chi connectivity index (χ0v) is 13.1. The summed E-state index contributed by atoms with van der Waals surface area (Å²) in [4.78, 5) is 25.8. The minimum absolute atomic E-state index is 0.0465. The van der Waals surface area contributed by atoms with E-state index in [0.29, 0.717) is 19.5 Å². The number of nitrogens with two attached hydrogens (primary N) is 1. The van der Waals surface area contributed by atoms with Crippen LogP contribution in [0.5, 0.6) is 0 Å². The quantitative estimate of drug-likeness (QED) is 0.767. The first-order chi connectivity index (χ1) is 9.39. The van der Waals surface area contributed by atoms with Crippen LogP contribution in [0.1, 0.15) is 46.0 Å². The van der Waals surface area contributed by atoms with Crippen LogP contribution in [0.2, 0.25) is 0 Å². The van der Waals surface area contributed by atoms with Gasteiger partial charge in [-0.2, -0.15) is 0 Å². The summed E-state index contributed by atoms with van der Waals surface area (Å²) < 4.78 is 0. The number of carbonyl (C=O) groups is 2. The van der Waals surface area contributed by atoms with Gasteiger partial charge in [0.15, 0.2) is 0 Å². The second-order valence-electron chi connectivity index (χ2n) is 6.50. The lowest BCUT2D eigenvalue weighted by Gasteiger charge is -2.33. The third kappa shape index (κ3) is 5.12. The smallest absolute Gasteiger partial charge is 0.224 e. The molecule has 1 unspecified atom stereocenters. The maximum Gasteiger partial charge on any atom is 0.224 e. The Labute approximate surface area is 122 Å². The lowest BCUT2D eigenvalue weighted by atomic mass is 9.84. The summed E-state index contributed by atoms with van der Waals surface area (Å²) in [6.07, 6.45) is 4.12. The van der Waals surface area contributed by atoms with Crippen LogP contribution >= 0.6 is 0 Å². The van der Waals surface area contributed by atoms with Gasteiger partial charge in [-0.05, 0) is 37.6 Å². The van der Waals surface area contributed by atoms with Gasteiger partial charge >= 0.3 is 0 Å². The first-order valence-electron chi connectivity index (χ1n) is 7.59. The van der Waals surface area contributed by atoms with E-state index < -0.39 is 0 Å². The number of amides is 2. The molecule has 1 atom stereocenters. The standard InChI is InChI=1S/C15H29N3O2/c1-15(2,8-9-16)7-6-13(19)18-10-4-5-12(11-18)14(20)17-3/h12H,4-11,16H2,1-3H3,(H,17,20). The Morgan fingerprint density at radius 1 is 1.35 bits per heavy atom. The fraction of sp³-hybridized carbons (Fsp3) is 0.867. The highest BCUT2D eigenvalue weighted by atomic mass is 16.2. The van der Waals surface area contributed by atoms with Crippen molar-refractivity contribution in [2.45, 2.75) is 46.0 Å². The van der Waals surface area contributed by atoms with Crippen LogP contribution in [0.3, 0.4) is 0 Å². The van der Waals surface area contributed by atoms with Gasteiger partial charge < -0.3 is 16.0 Å². The van der Waals surface area contributed by atoms with E-state index in [9.17, 15) is 9.59 Å². The molecule has 2 amide bonds. The topological polar surface area (TPSA) is 75.4 Å². The van der Waals surface area contributed by atoms with Crippen molar-refractivity contribution in [2.24, 2.45) is 17.1 Å². The molecular formula is C15H29N3O2. The highest BCUT2D eigenvalue weighted by Crippen LogP contribution is 2.27. The molecule has 3 N–H and O–H groups in total. The molecule has 1 aliphatic rings. The molecular weight excluding hydrogens is 254 g/mol. The second kappa shape index (κ2) is 7.62. The summed E-state index contributed by atoms with van der Waals surface area (Å²) in [6.45, 7) is 6.30. The Morgan fingerprint density at radius 3 is 2.65 bits per heavy atom. The van der Waals surface area contributed by atoms with Gasteiger partial charge in [0.25, 0.3) is 0 Å². The fourth-order valence-electron chi connectivity index (χ4n) is 2.74. The number of hydrogen-bond donors (Lipinski definition) is 2. The summed E-state index contributed by atoms with van der Waals surface area (Å²) in [5.41, 5.74) is 5.70. The predicted molar refractivity (Wildman–Crippen MR) is 80.1 cm³/mol. The first-order valence-corrected chi connectivity index (χ1v) is 7.59. The van der Waals surface area contributed by atoms with Crippen LogP contribution in [0.25, 0.3) is 0 Å². The maximum absolute atomic E-state index is 12.3. The average molecular weight is 283 g/mol. The molecule has 0 radical (unpaired) electrons. The van der Waals surface area contributed by atoms with Gasteiger partial charge in [-0.3, -0.25) is 9.59 Å². The van der Waals surface area contributed by atoms with Crippen LogP contribution in [0.4, 0.5) is 0 Å². The highest BCUT2D eigenvalue weighted by molar-refractivity contribution is 5.81. The zero-order valence-electron chi connectivity index (χ0n) is 13.1. The van der Waals surface area contributed by atoms with Crippen molar-refractivity contribution in [3.05, 3.63) is 0 Å². The molecule has 0 aromatic heterocycles. The third-order valence-corrected chi connectivity index (χ3v) is 4.23. The SMILES string of the molecule is CNC(=O)C1CCCN(C(=O)CCC(C)(C)CCN)C1. The average Bonchev–Trinajstić information content (AvgIpc) is 2.44. The number of nitrogens with zero attached hydrogens (tertiary/aromatic N) is 1. The summed E-state index contributed by atoms with van der Waals surface area (Å²) in [7, 11) is 1.65. The Morgan fingerprint density at radius 2 is 2.05 bits per heavy atom. The van der Waals surface area contributed by atoms with Gasteiger partial charge in [0.1, 0.15) is 0 Å². The largest absolute Gasteiger partial charge is 0.359 e. The third-order valence-electron chi connectivity index (χ3n) is 4.23. The summed E-state index contributed by atoms with van der Waals surface area (Å²) in [6, 6.07) is 0. The Balaban J connectivity index is 2.45. The van der Waals surface area contributed by atoms with Crippen LogP contribution in [0, 0.1) is 11.3 Å². The Bertz CT molecular complexity index is 342.